The summed E-state index contributed by atoms with van der Waals surface area (Å²) in [5, 5.41) is 12.1. The lowest BCUT2D eigenvalue weighted by atomic mass is 10.4. The number of hydrogen-bond donors (Lipinski definition) is 1. The van der Waals surface area contributed by atoms with E-state index in [4.69, 9.17) is 15.4 Å². The molecule has 8 heteroatoms. The zero-order valence-electron chi connectivity index (χ0n) is 7.62. The highest BCUT2D eigenvalue weighted by atomic mass is 32.1. The summed E-state index contributed by atoms with van der Waals surface area (Å²) in [5.74, 6) is -1.29. The van der Waals surface area contributed by atoms with Gasteiger partial charge in [-0.25, -0.2) is 9.78 Å². The molecule has 0 saturated heterocycles. The maximum atomic E-state index is 10.6. The van der Waals surface area contributed by atoms with Crippen molar-refractivity contribution < 1.29 is 14.6 Å². The van der Waals surface area contributed by atoms with Crippen LogP contribution in [-0.2, 0) is 4.79 Å². The normalized spacial score (nSPS) is 10.6. The first-order valence-corrected chi connectivity index (χ1v) is 4.49. The molecule has 15 heavy (non-hydrogen) atoms. The van der Waals surface area contributed by atoms with Gasteiger partial charge in [0.2, 0.25) is 0 Å². The summed E-state index contributed by atoms with van der Waals surface area (Å²) in [6, 6.07) is 0. The van der Waals surface area contributed by atoms with Gasteiger partial charge in [-0.2, -0.15) is 0 Å². The Morgan fingerprint density at radius 2 is 2.60 bits per heavy atom. The Morgan fingerprint density at radius 1 is 1.87 bits per heavy atom. The fourth-order valence-electron chi connectivity index (χ4n) is 0.747. The molecule has 0 unspecified atom stereocenters. The molecular weight excluding hydrogens is 220 g/mol. The van der Waals surface area contributed by atoms with Crippen molar-refractivity contribution in [3.63, 3.8) is 0 Å². The second-order valence-corrected chi connectivity index (χ2v) is 3.28. The van der Waals surface area contributed by atoms with Gasteiger partial charge in [0.1, 0.15) is 5.70 Å². The first kappa shape index (κ1) is 11.0. The molecule has 78 valence electrons. The molecule has 0 saturated carbocycles. The van der Waals surface area contributed by atoms with E-state index in [1.54, 1.807) is 0 Å². The molecule has 1 aromatic heterocycles. The van der Waals surface area contributed by atoms with E-state index in [1.165, 1.54) is 19.4 Å². The lowest BCUT2D eigenvalue weighted by Crippen LogP contribution is -1.95. The van der Waals surface area contributed by atoms with Gasteiger partial charge in [0.15, 0.2) is 0 Å². The van der Waals surface area contributed by atoms with Crippen molar-refractivity contribution in [3.05, 3.63) is 27.2 Å². The molecular formula is C7H6N4O3S. The van der Waals surface area contributed by atoms with Gasteiger partial charge in [-0.1, -0.05) is 16.5 Å². The summed E-state index contributed by atoms with van der Waals surface area (Å²) in [6.45, 7) is 0. The molecule has 0 fully saturated rings. The molecule has 0 aliphatic heterocycles. The van der Waals surface area contributed by atoms with Crippen molar-refractivity contribution in [2.24, 2.45) is 5.11 Å². The topological polar surface area (TPSA) is 108 Å². The third kappa shape index (κ3) is 2.97. The number of aromatic nitrogens is 1. The lowest BCUT2D eigenvalue weighted by Gasteiger charge is -1.89. The molecule has 0 amide bonds. The molecule has 0 aromatic carbocycles. The zero-order valence-corrected chi connectivity index (χ0v) is 8.43. The fourth-order valence-corrected chi connectivity index (χ4v) is 1.41. The average Bonchev–Trinajstić information content (AvgIpc) is 2.65. The van der Waals surface area contributed by atoms with Gasteiger partial charge in [-0.05, 0) is 11.6 Å². The van der Waals surface area contributed by atoms with Gasteiger partial charge >= 0.3 is 5.97 Å². The van der Waals surface area contributed by atoms with Gasteiger partial charge in [0, 0.05) is 11.1 Å². The molecule has 0 bridgehead atoms. The van der Waals surface area contributed by atoms with Crippen LogP contribution < -0.4 is 4.74 Å². The second-order valence-electron chi connectivity index (χ2n) is 2.26. The molecule has 0 radical (unpaired) electrons. The zero-order chi connectivity index (χ0) is 11.3. The number of azide groups is 1. The van der Waals surface area contributed by atoms with Crippen LogP contribution in [0, 0.1) is 0 Å². The van der Waals surface area contributed by atoms with E-state index in [2.05, 4.69) is 15.0 Å². The summed E-state index contributed by atoms with van der Waals surface area (Å²) in [4.78, 5) is 17.4. The summed E-state index contributed by atoms with van der Waals surface area (Å²) >= 11 is 1.15. The van der Waals surface area contributed by atoms with Gasteiger partial charge in [0.25, 0.3) is 5.19 Å². The summed E-state index contributed by atoms with van der Waals surface area (Å²) < 4.78 is 4.82. The van der Waals surface area contributed by atoms with Crippen LogP contribution in [-0.4, -0.2) is 23.2 Å². The number of carboxylic acid groups (broad SMARTS) is 1. The molecule has 1 aromatic rings. The summed E-state index contributed by atoms with van der Waals surface area (Å²) in [5.41, 5.74) is 7.75. The second kappa shape index (κ2) is 4.99. The van der Waals surface area contributed by atoms with Crippen LogP contribution in [0.3, 0.4) is 0 Å². The Morgan fingerprint density at radius 3 is 3.07 bits per heavy atom. The minimum atomic E-state index is -1.29. The van der Waals surface area contributed by atoms with E-state index in [9.17, 15) is 4.79 Å². The van der Waals surface area contributed by atoms with Crippen molar-refractivity contribution in [1.29, 1.82) is 0 Å². The highest BCUT2D eigenvalue weighted by Crippen LogP contribution is 2.22. The molecule has 0 spiro atoms. The van der Waals surface area contributed by atoms with E-state index in [0.717, 1.165) is 11.3 Å². The Kier molecular flexibility index (Phi) is 3.67. The smallest absolute Gasteiger partial charge is 0.338 e. The number of ether oxygens (including phenoxy) is 1. The summed E-state index contributed by atoms with van der Waals surface area (Å²) in [7, 11) is 1.46. The monoisotopic (exact) mass is 226 g/mol. The number of aliphatic carboxylic acids is 1. The summed E-state index contributed by atoms with van der Waals surface area (Å²) in [6.07, 6.45) is 2.65. The van der Waals surface area contributed by atoms with Crippen LogP contribution >= 0.6 is 11.3 Å². The number of nitrogens with zero attached hydrogens (tertiary/aromatic N) is 4. The van der Waals surface area contributed by atoms with Crippen LogP contribution in [0.25, 0.3) is 16.5 Å². The van der Waals surface area contributed by atoms with Gasteiger partial charge in [-0.15, -0.1) is 0 Å². The number of rotatable bonds is 4. The van der Waals surface area contributed by atoms with Crippen molar-refractivity contribution in [3.8, 4) is 5.19 Å². The SMILES string of the molecule is COc1ncc(/C=C(\N=[N+]=[N-])C(=O)O)s1. The van der Waals surface area contributed by atoms with E-state index in [0.29, 0.717) is 10.1 Å². The Hall–Kier alpha value is -2.05. The van der Waals surface area contributed by atoms with Gasteiger partial charge < -0.3 is 9.84 Å². The Balaban J connectivity index is 3.01. The van der Waals surface area contributed by atoms with Gasteiger partial charge in [-0.3, -0.25) is 0 Å². The Bertz CT molecular complexity index is 443. The van der Waals surface area contributed by atoms with Gasteiger partial charge in [0.05, 0.1) is 12.0 Å². The van der Waals surface area contributed by atoms with Crippen LogP contribution in [0.2, 0.25) is 0 Å². The van der Waals surface area contributed by atoms with Crippen molar-refractivity contribution in [2.75, 3.05) is 7.11 Å². The number of methoxy groups -OCH3 is 1. The van der Waals surface area contributed by atoms with Crippen LogP contribution in [0.1, 0.15) is 4.88 Å². The van der Waals surface area contributed by atoms with Crippen molar-refractivity contribution in [1.82, 2.24) is 4.98 Å². The molecule has 0 aliphatic rings. The third-order valence-electron chi connectivity index (χ3n) is 1.33. The third-order valence-corrected chi connectivity index (χ3v) is 2.23. The minimum Gasteiger partial charge on any atom is -0.478 e. The van der Waals surface area contributed by atoms with E-state index in [-0.39, 0.29) is 5.70 Å². The highest BCUT2D eigenvalue weighted by Gasteiger charge is 2.06. The number of carbonyl (C=O) groups is 1. The van der Waals surface area contributed by atoms with Crippen molar-refractivity contribution in [2.45, 2.75) is 0 Å². The van der Waals surface area contributed by atoms with Crippen molar-refractivity contribution >= 4 is 23.4 Å². The number of thiazole rings is 1. The number of hydrogen-bond acceptors (Lipinski definition) is 5. The predicted octanol–water partition coefficient (Wildman–Crippen LogP) is 1.89. The molecule has 1 N–H and O–H groups in total. The Labute approximate surface area is 88.3 Å². The first-order valence-electron chi connectivity index (χ1n) is 3.67. The average molecular weight is 226 g/mol. The van der Waals surface area contributed by atoms with Crippen LogP contribution in [0.4, 0.5) is 0 Å². The maximum absolute atomic E-state index is 10.6. The fraction of sp³-hybridized carbons (Fsp3) is 0.143. The quantitative estimate of drug-likeness (QED) is 0.366. The van der Waals surface area contributed by atoms with Crippen LogP contribution in [0.15, 0.2) is 17.0 Å². The molecule has 1 rings (SSSR count). The lowest BCUT2D eigenvalue weighted by molar-refractivity contribution is -0.132. The largest absolute Gasteiger partial charge is 0.478 e. The predicted molar refractivity (Wildman–Crippen MR) is 53.4 cm³/mol. The van der Waals surface area contributed by atoms with E-state index < -0.39 is 5.97 Å². The minimum absolute atomic E-state index is 0.385. The highest BCUT2D eigenvalue weighted by molar-refractivity contribution is 7.14. The first-order chi connectivity index (χ1) is 7.17. The standard InChI is InChI=1S/C7H6N4O3S/c1-14-7-9-3-4(15-7)2-5(6(12)13)10-11-8/h2-3H,1H3,(H,12,13)/b5-2-. The number of carboxylic acids is 1. The molecule has 0 atom stereocenters. The van der Waals surface area contributed by atoms with E-state index >= 15 is 0 Å². The molecule has 7 nitrogen and oxygen atoms in total. The molecule has 0 aliphatic carbocycles. The van der Waals surface area contributed by atoms with E-state index in [1.807, 2.05) is 0 Å². The maximum Gasteiger partial charge on any atom is 0.338 e. The molecule has 1 heterocycles. The van der Waals surface area contributed by atoms with Crippen LogP contribution in [0.5, 0.6) is 5.19 Å².